The van der Waals surface area contributed by atoms with Gasteiger partial charge in [-0.3, -0.25) is 9.59 Å². The summed E-state index contributed by atoms with van der Waals surface area (Å²) in [6.45, 7) is 2.17. The van der Waals surface area contributed by atoms with Gasteiger partial charge in [0.1, 0.15) is 0 Å². The highest BCUT2D eigenvalue weighted by Gasteiger charge is 2.32. The van der Waals surface area contributed by atoms with E-state index in [4.69, 9.17) is 5.11 Å². The standard InChI is InChI=1S/C17H21F2NO3/c1-11-5-7-13(17(22)23)10-20(11)16(21)4-2-3-12-6-8-14(18)15(19)9-12/h6,8-9,11,13H,2-5,7,10H2,1H3,(H,22,23). The minimum Gasteiger partial charge on any atom is -0.481 e. The van der Waals surface area contributed by atoms with Crippen LogP contribution in [0.1, 0.15) is 38.2 Å². The number of carbonyl (C=O) groups is 2. The van der Waals surface area contributed by atoms with Crippen LogP contribution in [-0.2, 0) is 16.0 Å². The van der Waals surface area contributed by atoms with Crippen molar-refractivity contribution in [1.29, 1.82) is 0 Å². The zero-order valence-corrected chi connectivity index (χ0v) is 13.1. The molecular formula is C17H21F2NO3. The summed E-state index contributed by atoms with van der Waals surface area (Å²) in [6.07, 6.45) is 2.55. The van der Waals surface area contributed by atoms with Gasteiger partial charge in [0, 0.05) is 19.0 Å². The van der Waals surface area contributed by atoms with Gasteiger partial charge in [-0.05, 0) is 50.3 Å². The van der Waals surface area contributed by atoms with Gasteiger partial charge in [0.15, 0.2) is 11.6 Å². The predicted octanol–water partition coefficient (Wildman–Crippen LogP) is 3.00. The van der Waals surface area contributed by atoms with E-state index in [1.54, 1.807) is 4.90 Å². The van der Waals surface area contributed by atoms with E-state index in [9.17, 15) is 18.4 Å². The van der Waals surface area contributed by atoms with E-state index in [-0.39, 0.29) is 24.9 Å². The van der Waals surface area contributed by atoms with Crippen molar-refractivity contribution in [2.45, 2.75) is 45.1 Å². The first-order chi connectivity index (χ1) is 10.9. The Morgan fingerprint density at radius 3 is 2.65 bits per heavy atom. The molecule has 6 heteroatoms. The van der Waals surface area contributed by atoms with E-state index in [0.717, 1.165) is 12.1 Å². The molecule has 4 nitrogen and oxygen atoms in total. The van der Waals surface area contributed by atoms with Crippen LogP contribution >= 0.6 is 0 Å². The molecule has 0 saturated carbocycles. The maximum atomic E-state index is 13.1. The highest BCUT2D eigenvalue weighted by atomic mass is 19.2. The SMILES string of the molecule is CC1CCC(C(=O)O)CN1C(=O)CCCc1ccc(F)c(F)c1. The second kappa shape index (κ2) is 7.53. The van der Waals surface area contributed by atoms with E-state index in [1.807, 2.05) is 6.92 Å². The lowest BCUT2D eigenvalue weighted by atomic mass is 9.93. The number of aryl methyl sites for hydroxylation is 1. The third-order valence-corrected chi connectivity index (χ3v) is 4.39. The summed E-state index contributed by atoms with van der Waals surface area (Å²) in [5.41, 5.74) is 0.645. The third kappa shape index (κ3) is 4.50. The molecule has 1 fully saturated rings. The molecule has 0 radical (unpaired) electrons. The highest BCUT2D eigenvalue weighted by Crippen LogP contribution is 2.23. The Bertz CT molecular complexity index is 591. The molecule has 23 heavy (non-hydrogen) atoms. The molecule has 0 aliphatic carbocycles. The Kier molecular flexibility index (Phi) is 5.69. The summed E-state index contributed by atoms with van der Waals surface area (Å²) in [5, 5.41) is 9.09. The first-order valence-electron chi connectivity index (χ1n) is 7.84. The molecule has 1 aromatic carbocycles. The van der Waals surface area contributed by atoms with Crippen LogP contribution in [0.15, 0.2) is 18.2 Å². The number of piperidine rings is 1. The summed E-state index contributed by atoms with van der Waals surface area (Å²) < 4.78 is 26.0. The molecule has 1 amide bonds. The van der Waals surface area contributed by atoms with Crippen LogP contribution in [0, 0.1) is 17.6 Å². The smallest absolute Gasteiger partial charge is 0.308 e. The van der Waals surface area contributed by atoms with Gasteiger partial charge in [-0.15, -0.1) is 0 Å². The maximum absolute atomic E-state index is 13.1. The summed E-state index contributed by atoms with van der Waals surface area (Å²) in [5.74, 6) is -3.21. The average molecular weight is 325 g/mol. The van der Waals surface area contributed by atoms with Gasteiger partial charge in [-0.25, -0.2) is 8.78 Å². The van der Waals surface area contributed by atoms with Crippen molar-refractivity contribution in [2.24, 2.45) is 5.92 Å². The number of likely N-dealkylation sites (tertiary alicyclic amines) is 1. The number of benzene rings is 1. The molecule has 2 rings (SSSR count). The van der Waals surface area contributed by atoms with Crippen molar-refractivity contribution in [1.82, 2.24) is 4.90 Å². The lowest BCUT2D eigenvalue weighted by molar-refractivity contribution is -0.147. The first-order valence-corrected chi connectivity index (χ1v) is 7.84. The van der Waals surface area contributed by atoms with Gasteiger partial charge in [0.05, 0.1) is 5.92 Å². The number of hydrogen-bond acceptors (Lipinski definition) is 2. The third-order valence-electron chi connectivity index (χ3n) is 4.39. The molecule has 0 aromatic heterocycles. The minimum atomic E-state index is -0.886. The van der Waals surface area contributed by atoms with Crippen molar-refractivity contribution in [3.63, 3.8) is 0 Å². The van der Waals surface area contributed by atoms with Gasteiger partial charge >= 0.3 is 5.97 Å². The van der Waals surface area contributed by atoms with Crippen molar-refractivity contribution in [3.8, 4) is 0 Å². The van der Waals surface area contributed by atoms with Crippen LogP contribution in [0.4, 0.5) is 8.78 Å². The molecule has 126 valence electrons. The topological polar surface area (TPSA) is 57.6 Å². The van der Waals surface area contributed by atoms with Crippen LogP contribution < -0.4 is 0 Å². The quantitative estimate of drug-likeness (QED) is 0.905. The van der Waals surface area contributed by atoms with Crippen LogP contribution in [0.2, 0.25) is 0 Å². The molecule has 0 spiro atoms. The summed E-state index contributed by atoms with van der Waals surface area (Å²) >= 11 is 0. The number of nitrogens with zero attached hydrogens (tertiary/aromatic N) is 1. The Morgan fingerprint density at radius 1 is 1.26 bits per heavy atom. The minimum absolute atomic E-state index is 0.0429. The molecule has 1 saturated heterocycles. The molecule has 1 aliphatic heterocycles. The molecule has 1 aliphatic rings. The summed E-state index contributed by atoms with van der Waals surface area (Å²) in [6, 6.07) is 3.77. The summed E-state index contributed by atoms with van der Waals surface area (Å²) in [4.78, 5) is 25.0. The first kappa shape index (κ1) is 17.4. The zero-order valence-electron chi connectivity index (χ0n) is 13.1. The second-order valence-corrected chi connectivity index (χ2v) is 6.11. The molecule has 1 heterocycles. The zero-order chi connectivity index (χ0) is 17.0. The van der Waals surface area contributed by atoms with Gasteiger partial charge in [-0.2, -0.15) is 0 Å². The van der Waals surface area contributed by atoms with Crippen molar-refractivity contribution in [3.05, 3.63) is 35.4 Å². The fraction of sp³-hybridized carbons (Fsp3) is 0.529. The molecule has 0 bridgehead atoms. The van der Waals surface area contributed by atoms with Crippen molar-refractivity contribution < 1.29 is 23.5 Å². The number of amides is 1. The lowest BCUT2D eigenvalue weighted by Gasteiger charge is -2.36. The lowest BCUT2D eigenvalue weighted by Crippen LogP contribution is -2.47. The van der Waals surface area contributed by atoms with Crippen molar-refractivity contribution in [2.75, 3.05) is 6.54 Å². The average Bonchev–Trinajstić information content (AvgIpc) is 2.51. The highest BCUT2D eigenvalue weighted by molar-refractivity contribution is 5.78. The van der Waals surface area contributed by atoms with E-state index < -0.39 is 23.5 Å². The molecule has 1 N–H and O–H groups in total. The Morgan fingerprint density at radius 2 is 2.00 bits per heavy atom. The molecule has 2 atom stereocenters. The molecule has 2 unspecified atom stereocenters. The van der Waals surface area contributed by atoms with Crippen LogP contribution in [0.5, 0.6) is 0 Å². The van der Waals surface area contributed by atoms with Gasteiger partial charge < -0.3 is 10.0 Å². The predicted molar refractivity (Wildman–Crippen MR) is 80.8 cm³/mol. The van der Waals surface area contributed by atoms with Gasteiger partial charge in [0.25, 0.3) is 0 Å². The number of hydrogen-bond donors (Lipinski definition) is 1. The van der Waals surface area contributed by atoms with E-state index in [0.29, 0.717) is 31.2 Å². The number of aliphatic carboxylic acids is 1. The molecular weight excluding hydrogens is 304 g/mol. The summed E-state index contributed by atoms with van der Waals surface area (Å²) in [7, 11) is 0. The number of halogens is 2. The van der Waals surface area contributed by atoms with E-state index >= 15 is 0 Å². The number of carbonyl (C=O) groups excluding carboxylic acids is 1. The Balaban J connectivity index is 1.85. The fourth-order valence-corrected chi connectivity index (χ4v) is 2.94. The van der Waals surface area contributed by atoms with Gasteiger partial charge in [-0.1, -0.05) is 6.07 Å². The number of carboxylic acid groups (broad SMARTS) is 1. The largest absolute Gasteiger partial charge is 0.481 e. The maximum Gasteiger partial charge on any atom is 0.308 e. The normalized spacial score (nSPS) is 21.3. The molecule has 1 aromatic rings. The van der Waals surface area contributed by atoms with Crippen LogP contribution in [0.25, 0.3) is 0 Å². The number of rotatable bonds is 5. The van der Waals surface area contributed by atoms with Crippen molar-refractivity contribution >= 4 is 11.9 Å². The van der Waals surface area contributed by atoms with E-state index in [2.05, 4.69) is 0 Å². The monoisotopic (exact) mass is 325 g/mol. The van der Waals surface area contributed by atoms with Crippen LogP contribution in [-0.4, -0.2) is 34.5 Å². The number of carboxylic acids is 1. The van der Waals surface area contributed by atoms with Gasteiger partial charge in [0.2, 0.25) is 5.91 Å². The Labute approximate surface area is 134 Å². The fourth-order valence-electron chi connectivity index (χ4n) is 2.94. The van der Waals surface area contributed by atoms with Crippen LogP contribution in [0.3, 0.4) is 0 Å². The Hall–Kier alpha value is -1.98. The second-order valence-electron chi connectivity index (χ2n) is 6.11. The van der Waals surface area contributed by atoms with E-state index in [1.165, 1.54) is 6.07 Å².